The van der Waals surface area contributed by atoms with Crippen LogP contribution >= 0.6 is 0 Å². The number of hydrogen-bond donors (Lipinski definition) is 1. The number of terminal acetylenes is 1. The summed E-state index contributed by atoms with van der Waals surface area (Å²) in [4.78, 5) is 0. The zero-order valence-corrected chi connectivity index (χ0v) is 7.29. The van der Waals surface area contributed by atoms with Crippen LogP contribution in [-0.4, -0.2) is 11.2 Å². The van der Waals surface area contributed by atoms with Crippen molar-refractivity contribution in [2.45, 2.75) is 45.1 Å². The minimum Gasteiger partial charge on any atom is -0.393 e. The van der Waals surface area contributed by atoms with Gasteiger partial charge in [0.2, 0.25) is 0 Å². The van der Waals surface area contributed by atoms with E-state index in [9.17, 15) is 5.11 Å². The van der Waals surface area contributed by atoms with Crippen LogP contribution in [0.1, 0.15) is 39.0 Å². The van der Waals surface area contributed by atoms with E-state index in [2.05, 4.69) is 12.8 Å². The maximum Gasteiger partial charge on any atom is 0.0540 e. The highest BCUT2D eigenvalue weighted by atomic mass is 16.3. The van der Waals surface area contributed by atoms with Crippen molar-refractivity contribution < 1.29 is 5.11 Å². The van der Waals surface area contributed by atoms with Gasteiger partial charge >= 0.3 is 0 Å². The van der Waals surface area contributed by atoms with Gasteiger partial charge in [-0.25, -0.2) is 0 Å². The number of rotatable bonds is 1. The number of aliphatic hydroxyl groups is 1. The third-order valence-corrected chi connectivity index (χ3v) is 2.33. The lowest BCUT2D eigenvalue weighted by Crippen LogP contribution is -2.19. The molecule has 0 bridgehead atoms. The largest absolute Gasteiger partial charge is 0.393 e. The van der Waals surface area contributed by atoms with Crippen molar-refractivity contribution in [1.82, 2.24) is 0 Å². The monoisotopic (exact) mass is 154 g/mol. The molecule has 64 valence electrons. The molecule has 1 atom stereocenters. The molecule has 0 aromatic rings. The molecule has 1 aliphatic rings. The summed E-state index contributed by atoms with van der Waals surface area (Å²) in [6.07, 6.45) is 14.5. The van der Waals surface area contributed by atoms with Gasteiger partial charge < -0.3 is 5.11 Å². The zero-order chi connectivity index (χ0) is 8.69. The van der Waals surface area contributed by atoms with Gasteiger partial charge in [-0.1, -0.05) is 19.3 Å². The first kappa shape index (κ1) is 10.5. The van der Waals surface area contributed by atoms with E-state index in [1.54, 1.807) is 0 Å². The van der Waals surface area contributed by atoms with Crippen LogP contribution < -0.4 is 0 Å². The fraction of sp³-hybridized carbons (Fsp3) is 0.800. The average Bonchev–Trinajstić information content (AvgIpc) is 2.10. The molecule has 0 saturated heterocycles. The maximum atomic E-state index is 9.18. The van der Waals surface area contributed by atoms with Gasteiger partial charge in [-0.3, -0.25) is 0 Å². The molecular formula is C10H18O. The Hall–Kier alpha value is -0.480. The van der Waals surface area contributed by atoms with Gasteiger partial charge in [0, 0.05) is 0 Å². The standard InChI is InChI=1S/C8H16O.C2H2/c1-7(9)8-5-3-2-4-6-8;1-2/h7-9H,2-6H2,1H3;1-2H. The Kier molecular flexibility index (Phi) is 5.97. The van der Waals surface area contributed by atoms with Crippen LogP contribution in [0.25, 0.3) is 0 Å². The van der Waals surface area contributed by atoms with Crippen molar-refractivity contribution in [3.63, 3.8) is 0 Å². The summed E-state index contributed by atoms with van der Waals surface area (Å²) in [7, 11) is 0. The summed E-state index contributed by atoms with van der Waals surface area (Å²) in [5.41, 5.74) is 0. The predicted octanol–water partition coefficient (Wildman–Crippen LogP) is 2.20. The Labute approximate surface area is 69.8 Å². The van der Waals surface area contributed by atoms with Crippen molar-refractivity contribution in [3.8, 4) is 12.8 Å². The molecule has 0 aromatic heterocycles. The third kappa shape index (κ3) is 4.06. The molecule has 0 heterocycles. The smallest absolute Gasteiger partial charge is 0.0540 e. The normalized spacial score (nSPS) is 21.5. The lowest BCUT2D eigenvalue weighted by Gasteiger charge is -2.23. The third-order valence-electron chi connectivity index (χ3n) is 2.33. The van der Waals surface area contributed by atoms with Crippen molar-refractivity contribution in [1.29, 1.82) is 0 Å². The zero-order valence-electron chi connectivity index (χ0n) is 7.29. The molecule has 1 aliphatic carbocycles. The molecule has 0 spiro atoms. The highest BCUT2D eigenvalue weighted by molar-refractivity contribution is 4.69. The quantitative estimate of drug-likeness (QED) is 0.574. The first-order valence-corrected chi connectivity index (χ1v) is 4.32. The minimum absolute atomic E-state index is 0.0645. The fourth-order valence-corrected chi connectivity index (χ4v) is 1.62. The Balaban J connectivity index is 0.000000461. The molecule has 1 heteroatoms. The summed E-state index contributed by atoms with van der Waals surface area (Å²) in [6.45, 7) is 1.91. The van der Waals surface area contributed by atoms with E-state index in [-0.39, 0.29) is 6.10 Å². The van der Waals surface area contributed by atoms with Gasteiger partial charge in [0.1, 0.15) is 0 Å². The summed E-state index contributed by atoms with van der Waals surface area (Å²) in [5, 5.41) is 9.18. The van der Waals surface area contributed by atoms with Crippen LogP contribution in [0, 0.1) is 18.8 Å². The number of aliphatic hydroxyl groups excluding tert-OH is 1. The highest BCUT2D eigenvalue weighted by Crippen LogP contribution is 2.25. The van der Waals surface area contributed by atoms with Crippen LogP contribution in [-0.2, 0) is 0 Å². The molecule has 0 amide bonds. The van der Waals surface area contributed by atoms with Gasteiger partial charge in [0.25, 0.3) is 0 Å². The molecule has 1 unspecified atom stereocenters. The Morgan fingerprint density at radius 2 is 1.64 bits per heavy atom. The van der Waals surface area contributed by atoms with E-state index in [1.807, 2.05) is 6.92 Å². The predicted molar refractivity (Wildman–Crippen MR) is 48.1 cm³/mol. The topological polar surface area (TPSA) is 20.2 Å². The summed E-state index contributed by atoms with van der Waals surface area (Å²) >= 11 is 0. The van der Waals surface area contributed by atoms with Gasteiger partial charge in [-0.05, 0) is 25.7 Å². The lowest BCUT2D eigenvalue weighted by atomic mass is 9.86. The van der Waals surface area contributed by atoms with E-state index in [0.29, 0.717) is 5.92 Å². The summed E-state index contributed by atoms with van der Waals surface area (Å²) < 4.78 is 0. The van der Waals surface area contributed by atoms with Crippen molar-refractivity contribution in [2.75, 3.05) is 0 Å². The van der Waals surface area contributed by atoms with Crippen LogP contribution in [0.3, 0.4) is 0 Å². The van der Waals surface area contributed by atoms with E-state index in [4.69, 9.17) is 0 Å². The molecule has 1 N–H and O–H groups in total. The highest BCUT2D eigenvalue weighted by Gasteiger charge is 2.17. The van der Waals surface area contributed by atoms with Crippen LogP contribution in [0.4, 0.5) is 0 Å². The van der Waals surface area contributed by atoms with Gasteiger partial charge in [-0.2, -0.15) is 0 Å². The van der Waals surface area contributed by atoms with Crippen LogP contribution in [0.2, 0.25) is 0 Å². The van der Waals surface area contributed by atoms with E-state index in [0.717, 1.165) is 0 Å². The van der Waals surface area contributed by atoms with E-state index >= 15 is 0 Å². The van der Waals surface area contributed by atoms with Crippen molar-refractivity contribution in [2.24, 2.45) is 5.92 Å². The SMILES string of the molecule is C#C.CC(O)C1CCCCC1. The van der Waals surface area contributed by atoms with Gasteiger partial charge in [0.15, 0.2) is 0 Å². The van der Waals surface area contributed by atoms with Crippen LogP contribution in [0.15, 0.2) is 0 Å². The molecular weight excluding hydrogens is 136 g/mol. The Morgan fingerprint density at radius 3 is 1.91 bits per heavy atom. The minimum atomic E-state index is -0.0645. The van der Waals surface area contributed by atoms with Crippen molar-refractivity contribution >= 4 is 0 Å². The molecule has 0 aromatic carbocycles. The van der Waals surface area contributed by atoms with Crippen LogP contribution in [0.5, 0.6) is 0 Å². The molecule has 1 rings (SSSR count). The van der Waals surface area contributed by atoms with E-state index in [1.165, 1.54) is 32.1 Å². The first-order valence-electron chi connectivity index (χ1n) is 4.32. The second kappa shape index (κ2) is 6.24. The Bertz CT molecular complexity index is 98.7. The molecule has 0 radical (unpaired) electrons. The first-order chi connectivity index (χ1) is 5.30. The molecule has 11 heavy (non-hydrogen) atoms. The molecule has 1 saturated carbocycles. The van der Waals surface area contributed by atoms with Gasteiger partial charge in [0.05, 0.1) is 6.10 Å². The van der Waals surface area contributed by atoms with E-state index < -0.39 is 0 Å². The Morgan fingerprint density at radius 1 is 1.18 bits per heavy atom. The summed E-state index contributed by atoms with van der Waals surface area (Å²) in [6, 6.07) is 0. The second-order valence-electron chi connectivity index (χ2n) is 3.14. The summed E-state index contributed by atoms with van der Waals surface area (Å²) in [5.74, 6) is 0.610. The van der Waals surface area contributed by atoms with Crippen molar-refractivity contribution in [3.05, 3.63) is 0 Å². The number of hydrogen-bond acceptors (Lipinski definition) is 1. The maximum absolute atomic E-state index is 9.18. The molecule has 0 aliphatic heterocycles. The fourth-order valence-electron chi connectivity index (χ4n) is 1.62. The molecule has 1 fully saturated rings. The van der Waals surface area contributed by atoms with Gasteiger partial charge in [-0.15, -0.1) is 12.8 Å². The molecule has 1 nitrogen and oxygen atoms in total. The average molecular weight is 154 g/mol. The lowest BCUT2D eigenvalue weighted by molar-refractivity contribution is 0.101. The second-order valence-corrected chi connectivity index (χ2v) is 3.14.